The summed E-state index contributed by atoms with van der Waals surface area (Å²) < 4.78 is 0. The lowest BCUT2D eigenvalue weighted by Gasteiger charge is -2.30. The highest BCUT2D eigenvalue weighted by molar-refractivity contribution is 6.64. The Morgan fingerprint density at radius 3 is 2.45 bits per heavy atom. The molecular formula is C15H16ClNO3. The normalized spacial score (nSPS) is 22.8. The second-order valence-electron chi connectivity index (χ2n) is 5.30. The number of para-hydroxylation sites is 1. The van der Waals surface area contributed by atoms with Crippen LogP contribution in [0.15, 0.2) is 35.4 Å². The summed E-state index contributed by atoms with van der Waals surface area (Å²) >= 11 is 5.71. The Hall–Kier alpha value is -1.68. The molecule has 0 fully saturated rings. The number of allylic oxidation sites excluding steroid dienone is 2. The quantitative estimate of drug-likeness (QED) is 0.363. The van der Waals surface area contributed by atoms with Gasteiger partial charge >= 0.3 is 0 Å². The molecule has 106 valence electrons. The number of halogens is 1. The highest BCUT2D eigenvalue weighted by Crippen LogP contribution is 2.44. The third kappa shape index (κ3) is 2.75. The van der Waals surface area contributed by atoms with Crippen molar-refractivity contribution in [2.24, 2.45) is 5.92 Å². The van der Waals surface area contributed by atoms with Crippen molar-refractivity contribution in [2.75, 3.05) is 0 Å². The largest absolute Gasteiger partial charge is 0.281 e. The van der Waals surface area contributed by atoms with E-state index >= 15 is 0 Å². The van der Waals surface area contributed by atoms with Crippen LogP contribution in [0, 0.1) is 16.0 Å². The third-order valence-electron chi connectivity index (χ3n) is 4.09. The van der Waals surface area contributed by atoms with Gasteiger partial charge in [-0.1, -0.05) is 29.3 Å². The molecule has 1 aliphatic carbocycles. The Balaban J connectivity index is 2.50. The van der Waals surface area contributed by atoms with Crippen LogP contribution in [0.1, 0.15) is 38.2 Å². The minimum Gasteiger partial charge on any atom is -0.281 e. The summed E-state index contributed by atoms with van der Waals surface area (Å²) in [6, 6.07) is 6.60. The monoisotopic (exact) mass is 293 g/mol. The summed E-state index contributed by atoms with van der Waals surface area (Å²) in [7, 11) is 0. The molecular weight excluding hydrogens is 278 g/mol. The highest BCUT2D eigenvalue weighted by atomic mass is 35.5. The molecule has 0 heterocycles. The molecule has 0 aliphatic heterocycles. The van der Waals surface area contributed by atoms with Crippen molar-refractivity contribution in [2.45, 2.75) is 32.6 Å². The number of nitrogens with zero attached hydrogens (tertiary/aromatic N) is 1. The van der Waals surface area contributed by atoms with E-state index in [1.165, 1.54) is 11.6 Å². The van der Waals surface area contributed by atoms with Gasteiger partial charge < -0.3 is 0 Å². The molecule has 4 nitrogen and oxygen atoms in total. The van der Waals surface area contributed by atoms with Gasteiger partial charge in [-0.2, -0.15) is 0 Å². The molecule has 1 aromatic rings. The zero-order valence-corrected chi connectivity index (χ0v) is 12.2. The van der Waals surface area contributed by atoms with Gasteiger partial charge in [-0.05, 0) is 38.3 Å². The average Bonchev–Trinajstić information content (AvgIpc) is 2.41. The minimum atomic E-state index is -0.417. The van der Waals surface area contributed by atoms with E-state index in [0.717, 1.165) is 5.57 Å². The van der Waals surface area contributed by atoms with Gasteiger partial charge in [0.1, 0.15) is 0 Å². The van der Waals surface area contributed by atoms with Crippen LogP contribution in [-0.4, -0.2) is 10.2 Å². The summed E-state index contributed by atoms with van der Waals surface area (Å²) in [5.41, 5.74) is 3.00. The highest BCUT2D eigenvalue weighted by Gasteiger charge is 2.35. The van der Waals surface area contributed by atoms with E-state index in [2.05, 4.69) is 0 Å². The Kier molecular flexibility index (Phi) is 4.23. The van der Waals surface area contributed by atoms with Crippen LogP contribution < -0.4 is 0 Å². The number of benzene rings is 1. The maximum absolute atomic E-state index is 11.7. The molecule has 5 heteroatoms. The van der Waals surface area contributed by atoms with Gasteiger partial charge in [-0.15, -0.1) is 0 Å². The average molecular weight is 294 g/mol. The standard InChI is InChI=1S/C15H16ClNO3/c1-9-7-12(13(15(16)18)8-10(9)2)11-5-3-4-6-14(11)17(19)20/h3-6,12-13H,7-8H2,1-2H3. The molecule has 2 unspecified atom stereocenters. The number of nitro benzene ring substituents is 1. The summed E-state index contributed by atoms with van der Waals surface area (Å²) in [6.07, 6.45) is 1.21. The van der Waals surface area contributed by atoms with Crippen molar-refractivity contribution in [1.29, 1.82) is 0 Å². The Morgan fingerprint density at radius 2 is 1.85 bits per heavy atom. The molecule has 0 saturated carbocycles. The lowest BCUT2D eigenvalue weighted by atomic mass is 9.73. The summed E-state index contributed by atoms with van der Waals surface area (Å²) in [5.74, 6) is -0.605. The van der Waals surface area contributed by atoms with Gasteiger partial charge in [0.05, 0.1) is 4.92 Å². The molecule has 20 heavy (non-hydrogen) atoms. The number of rotatable bonds is 3. The van der Waals surface area contributed by atoms with Crippen molar-refractivity contribution >= 4 is 22.5 Å². The zero-order valence-electron chi connectivity index (χ0n) is 11.4. The Morgan fingerprint density at radius 1 is 1.25 bits per heavy atom. The number of hydrogen-bond donors (Lipinski definition) is 0. The first-order valence-electron chi connectivity index (χ1n) is 6.49. The van der Waals surface area contributed by atoms with E-state index in [1.807, 2.05) is 13.8 Å². The van der Waals surface area contributed by atoms with Gasteiger partial charge in [-0.25, -0.2) is 0 Å². The van der Waals surface area contributed by atoms with E-state index in [-0.39, 0.29) is 17.5 Å². The molecule has 0 spiro atoms. The van der Waals surface area contributed by atoms with Gasteiger partial charge in [-0.3, -0.25) is 14.9 Å². The fourth-order valence-electron chi connectivity index (χ4n) is 2.83. The van der Waals surface area contributed by atoms with Crippen LogP contribution in [-0.2, 0) is 4.79 Å². The molecule has 0 radical (unpaired) electrons. The molecule has 0 saturated heterocycles. The Labute approximate surface area is 122 Å². The van der Waals surface area contributed by atoms with Gasteiger partial charge in [0.25, 0.3) is 5.69 Å². The van der Waals surface area contributed by atoms with Crippen LogP contribution in [0.3, 0.4) is 0 Å². The minimum absolute atomic E-state index is 0.0627. The zero-order chi connectivity index (χ0) is 14.9. The van der Waals surface area contributed by atoms with Crippen molar-refractivity contribution in [3.63, 3.8) is 0 Å². The van der Waals surface area contributed by atoms with E-state index in [4.69, 9.17) is 11.6 Å². The fourth-order valence-corrected chi connectivity index (χ4v) is 3.05. The molecule has 0 bridgehead atoms. The maximum atomic E-state index is 11.7. The fraction of sp³-hybridized carbons (Fsp3) is 0.400. The number of carbonyl (C=O) groups is 1. The van der Waals surface area contributed by atoms with E-state index < -0.39 is 10.2 Å². The smallest absolute Gasteiger partial charge is 0.272 e. The molecule has 0 aromatic heterocycles. The van der Waals surface area contributed by atoms with Crippen LogP contribution >= 0.6 is 11.6 Å². The molecule has 0 N–H and O–H groups in total. The summed E-state index contributed by atoms with van der Waals surface area (Å²) in [4.78, 5) is 22.5. The third-order valence-corrected chi connectivity index (χ3v) is 4.37. The SMILES string of the molecule is CC1=C(C)CC(c2ccccc2[N+](=O)[O-])C(C(=O)Cl)C1. The van der Waals surface area contributed by atoms with Crippen LogP contribution in [0.4, 0.5) is 5.69 Å². The van der Waals surface area contributed by atoms with Crippen LogP contribution in [0.2, 0.25) is 0 Å². The molecule has 2 rings (SSSR count). The lowest BCUT2D eigenvalue weighted by molar-refractivity contribution is -0.385. The van der Waals surface area contributed by atoms with Gasteiger partial charge in [0.15, 0.2) is 0 Å². The van der Waals surface area contributed by atoms with Crippen LogP contribution in [0.25, 0.3) is 0 Å². The van der Waals surface area contributed by atoms with Gasteiger partial charge in [0, 0.05) is 23.5 Å². The number of nitro groups is 1. The molecule has 0 amide bonds. The number of hydrogen-bond acceptors (Lipinski definition) is 3. The van der Waals surface area contributed by atoms with E-state index in [1.54, 1.807) is 18.2 Å². The maximum Gasteiger partial charge on any atom is 0.272 e. The van der Waals surface area contributed by atoms with Gasteiger partial charge in [0.2, 0.25) is 5.24 Å². The van der Waals surface area contributed by atoms with Crippen LogP contribution in [0.5, 0.6) is 0 Å². The topological polar surface area (TPSA) is 60.2 Å². The predicted octanol–water partition coefficient (Wildman–Crippen LogP) is 4.19. The number of carbonyl (C=O) groups excluding carboxylic acids is 1. The van der Waals surface area contributed by atoms with Crippen molar-refractivity contribution in [1.82, 2.24) is 0 Å². The van der Waals surface area contributed by atoms with E-state index in [9.17, 15) is 14.9 Å². The van der Waals surface area contributed by atoms with Crippen molar-refractivity contribution in [3.8, 4) is 0 Å². The summed E-state index contributed by atoms with van der Waals surface area (Å²) in [5, 5.41) is 10.7. The second-order valence-corrected chi connectivity index (χ2v) is 5.67. The first kappa shape index (κ1) is 14.7. The molecule has 1 aliphatic rings. The molecule has 1 aromatic carbocycles. The Bertz CT molecular complexity index is 595. The molecule has 2 atom stereocenters. The predicted molar refractivity (Wildman–Crippen MR) is 77.8 cm³/mol. The van der Waals surface area contributed by atoms with Crippen molar-refractivity contribution in [3.05, 3.63) is 51.1 Å². The van der Waals surface area contributed by atoms with E-state index in [0.29, 0.717) is 18.4 Å². The summed E-state index contributed by atoms with van der Waals surface area (Å²) in [6.45, 7) is 3.99. The van der Waals surface area contributed by atoms with Crippen molar-refractivity contribution < 1.29 is 9.72 Å². The second kappa shape index (κ2) is 5.75. The first-order chi connectivity index (χ1) is 9.41. The first-order valence-corrected chi connectivity index (χ1v) is 6.87. The lowest BCUT2D eigenvalue weighted by Crippen LogP contribution is -2.24.